The van der Waals surface area contributed by atoms with E-state index in [4.69, 9.17) is 4.74 Å². The van der Waals surface area contributed by atoms with Crippen LogP contribution in [0.25, 0.3) is 0 Å². The van der Waals surface area contributed by atoms with E-state index < -0.39 is 67.8 Å². The maximum Gasteiger partial charge on any atom is 0.573 e. The van der Waals surface area contributed by atoms with Gasteiger partial charge in [-0.15, -0.1) is 13.2 Å². The van der Waals surface area contributed by atoms with Crippen LogP contribution in [0, 0.1) is 5.41 Å². The van der Waals surface area contributed by atoms with Gasteiger partial charge in [0.15, 0.2) is 6.10 Å². The Morgan fingerprint density at radius 3 is 1.88 bits per heavy atom. The lowest BCUT2D eigenvalue weighted by Gasteiger charge is -2.47. The summed E-state index contributed by atoms with van der Waals surface area (Å²) in [6, 6.07) is 8.78. The molecule has 0 bridgehead atoms. The molecule has 1 aliphatic carbocycles. The van der Waals surface area contributed by atoms with Gasteiger partial charge in [0, 0.05) is 24.4 Å². The zero-order valence-corrected chi connectivity index (χ0v) is 20.5. The van der Waals surface area contributed by atoms with E-state index in [0.29, 0.717) is 11.3 Å². The molecule has 0 aromatic heterocycles. The number of alkyl halides is 11. The van der Waals surface area contributed by atoms with Crippen molar-refractivity contribution in [1.29, 1.82) is 0 Å². The molecule has 0 amide bonds. The molecule has 0 heterocycles. The van der Waals surface area contributed by atoms with Crippen molar-refractivity contribution in [3.05, 3.63) is 48.5 Å². The lowest BCUT2D eigenvalue weighted by atomic mass is 9.68. The van der Waals surface area contributed by atoms with Crippen molar-refractivity contribution in [2.75, 3.05) is 18.0 Å². The van der Waals surface area contributed by atoms with Crippen LogP contribution in [0.2, 0.25) is 0 Å². The van der Waals surface area contributed by atoms with Crippen molar-refractivity contribution >= 4 is 5.69 Å². The monoisotopic (exact) mass is 595 g/mol. The van der Waals surface area contributed by atoms with Crippen LogP contribution in [-0.4, -0.2) is 48.9 Å². The summed E-state index contributed by atoms with van der Waals surface area (Å²) in [6.07, 6.45) is -20.2. The van der Waals surface area contributed by atoms with E-state index in [1.807, 2.05) is 0 Å². The summed E-state index contributed by atoms with van der Waals surface area (Å²) in [5, 5.41) is 9.71. The highest BCUT2D eigenvalue weighted by Crippen LogP contribution is 2.56. The molecular formula is C25H24F11NO3. The minimum atomic E-state index is -5.98. The molecular weight excluding hydrogens is 571 g/mol. The van der Waals surface area contributed by atoms with E-state index in [1.165, 1.54) is 18.2 Å². The summed E-state index contributed by atoms with van der Waals surface area (Å²) in [6.45, 7) is -2.54. The molecule has 1 unspecified atom stereocenters. The van der Waals surface area contributed by atoms with Crippen LogP contribution in [0.1, 0.15) is 32.1 Å². The Balaban J connectivity index is 1.98. The van der Waals surface area contributed by atoms with Crippen molar-refractivity contribution in [3.8, 4) is 17.2 Å². The third-order valence-electron chi connectivity index (χ3n) is 6.55. The molecule has 0 spiro atoms. The van der Waals surface area contributed by atoms with Crippen molar-refractivity contribution in [1.82, 2.24) is 0 Å². The highest BCUT2D eigenvalue weighted by Gasteiger charge is 2.69. The lowest BCUT2D eigenvalue weighted by molar-refractivity contribution is -0.329. The Morgan fingerprint density at radius 1 is 0.775 bits per heavy atom. The Hall–Kier alpha value is -2.97. The third kappa shape index (κ3) is 7.61. The van der Waals surface area contributed by atoms with Gasteiger partial charge in [0.25, 0.3) is 0 Å². The van der Waals surface area contributed by atoms with Gasteiger partial charge in [-0.25, -0.2) is 0 Å². The summed E-state index contributed by atoms with van der Waals surface area (Å²) >= 11 is 0. The van der Waals surface area contributed by atoms with Crippen LogP contribution in [-0.2, 0) is 0 Å². The van der Waals surface area contributed by atoms with Gasteiger partial charge in [0.1, 0.15) is 17.2 Å². The highest BCUT2D eigenvalue weighted by molar-refractivity contribution is 5.52. The number of rotatable bonds is 9. The first kappa shape index (κ1) is 31.6. The minimum absolute atomic E-state index is 0.0131. The lowest BCUT2D eigenvalue weighted by Crippen LogP contribution is -2.58. The van der Waals surface area contributed by atoms with Crippen molar-refractivity contribution in [2.24, 2.45) is 5.41 Å². The summed E-state index contributed by atoms with van der Waals surface area (Å²) in [5.74, 6) is -6.29. The first-order valence-corrected chi connectivity index (χ1v) is 11.9. The van der Waals surface area contributed by atoms with Gasteiger partial charge in [-0.3, -0.25) is 0 Å². The second-order valence-corrected chi connectivity index (χ2v) is 9.47. The number of benzene rings is 2. The fourth-order valence-corrected chi connectivity index (χ4v) is 4.65. The van der Waals surface area contributed by atoms with Crippen LogP contribution in [0.5, 0.6) is 17.2 Å². The fourth-order valence-electron chi connectivity index (χ4n) is 4.65. The number of hydrogen-bond donors (Lipinski definition) is 1. The van der Waals surface area contributed by atoms with Crippen LogP contribution in [0.15, 0.2) is 48.5 Å². The van der Waals surface area contributed by atoms with Gasteiger partial charge in [-0.1, -0.05) is 31.4 Å². The molecule has 2 aromatic carbocycles. The second kappa shape index (κ2) is 11.5. The maximum atomic E-state index is 14.9. The largest absolute Gasteiger partial charge is 0.573 e. The summed E-state index contributed by atoms with van der Waals surface area (Å²) in [5.41, 5.74) is -3.07. The smallest absolute Gasteiger partial charge is 0.457 e. The minimum Gasteiger partial charge on any atom is -0.457 e. The number of aliphatic hydroxyl groups is 1. The molecule has 1 N–H and O–H groups in total. The second-order valence-electron chi connectivity index (χ2n) is 9.47. The molecule has 4 nitrogen and oxygen atoms in total. The quantitative estimate of drug-likeness (QED) is 0.297. The molecule has 1 fully saturated rings. The zero-order chi connectivity index (χ0) is 30.0. The molecule has 224 valence electrons. The van der Waals surface area contributed by atoms with Gasteiger partial charge < -0.3 is 19.5 Å². The van der Waals surface area contributed by atoms with Crippen molar-refractivity contribution < 1.29 is 62.9 Å². The number of aliphatic hydroxyl groups excluding tert-OH is 1. The molecule has 0 aliphatic heterocycles. The van der Waals surface area contributed by atoms with Gasteiger partial charge in [0.2, 0.25) is 0 Å². The summed E-state index contributed by atoms with van der Waals surface area (Å²) in [7, 11) is 0. The van der Waals surface area contributed by atoms with Gasteiger partial charge in [-0.2, -0.15) is 35.1 Å². The zero-order valence-electron chi connectivity index (χ0n) is 20.5. The van der Waals surface area contributed by atoms with Crippen LogP contribution in [0.4, 0.5) is 54.0 Å². The van der Waals surface area contributed by atoms with Gasteiger partial charge >= 0.3 is 24.6 Å². The van der Waals surface area contributed by atoms with Crippen LogP contribution < -0.4 is 14.4 Å². The molecule has 1 saturated carbocycles. The average molecular weight is 595 g/mol. The molecule has 0 radical (unpaired) electrons. The van der Waals surface area contributed by atoms with Gasteiger partial charge in [-0.05, 0) is 37.1 Å². The third-order valence-corrected chi connectivity index (χ3v) is 6.55. The number of anilines is 1. The van der Waals surface area contributed by atoms with E-state index in [9.17, 15) is 53.4 Å². The fraction of sp³-hybridized carbons (Fsp3) is 0.520. The van der Waals surface area contributed by atoms with Crippen molar-refractivity contribution in [2.45, 2.75) is 62.8 Å². The molecule has 40 heavy (non-hydrogen) atoms. The predicted octanol–water partition coefficient (Wildman–Crippen LogP) is 8.26. The van der Waals surface area contributed by atoms with E-state index in [1.54, 1.807) is 0 Å². The Morgan fingerprint density at radius 2 is 1.32 bits per heavy atom. The van der Waals surface area contributed by atoms with E-state index in [2.05, 4.69) is 4.74 Å². The number of halogens is 11. The molecule has 0 saturated heterocycles. The molecule has 2 aromatic rings. The maximum absolute atomic E-state index is 14.9. The SMILES string of the molecule is OC(CN(CC1(C(F)(F)C(F)(F)F)CCCCC1)c1cccc(Oc2cccc(OC(F)(F)F)c2)c1)C(F)(F)F. The normalized spacial score (nSPS) is 17.3. The van der Waals surface area contributed by atoms with Crippen LogP contribution >= 0.6 is 0 Å². The molecule has 1 atom stereocenters. The summed E-state index contributed by atoms with van der Waals surface area (Å²) in [4.78, 5) is 0.596. The molecule has 1 aliphatic rings. The first-order chi connectivity index (χ1) is 18.3. The highest BCUT2D eigenvalue weighted by atomic mass is 19.4. The number of nitrogens with zero attached hydrogens (tertiary/aromatic N) is 1. The molecule has 15 heteroatoms. The topological polar surface area (TPSA) is 41.9 Å². The Labute approximate surface area is 221 Å². The first-order valence-electron chi connectivity index (χ1n) is 11.9. The average Bonchev–Trinajstić information content (AvgIpc) is 2.82. The predicted molar refractivity (Wildman–Crippen MR) is 120 cm³/mol. The molecule has 3 rings (SSSR count). The standard InChI is InChI=1S/C25H24F11NO3/c26-22(27,28)20(38)14-37(15-21(10-2-1-3-11-21)23(29,30)24(31,32)33)16-6-4-7-17(12-16)39-18-8-5-9-19(13-18)40-25(34,35)36/h4-9,12-13,20,38H,1-3,10-11,14-15H2. The van der Waals surface area contributed by atoms with Crippen LogP contribution in [0.3, 0.4) is 0 Å². The van der Waals surface area contributed by atoms with E-state index >= 15 is 0 Å². The Bertz CT molecular complexity index is 1130. The summed E-state index contributed by atoms with van der Waals surface area (Å²) < 4.78 is 157. The van der Waals surface area contributed by atoms with Gasteiger partial charge in [0.05, 0.1) is 12.0 Å². The van der Waals surface area contributed by atoms with Crippen molar-refractivity contribution in [3.63, 3.8) is 0 Å². The number of ether oxygens (including phenoxy) is 2. The Kier molecular flexibility index (Phi) is 9.06. The van der Waals surface area contributed by atoms with E-state index in [-0.39, 0.29) is 30.0 Å². The van der Waals surface area contributed by atoms with E-state index in [0.717, 1.165) is 30.3 Å². The number of hydrogen-bond acceptors (Lipinski definition) is 4.